The summed E-state index contributed by atoms with van der Waals surface area (Å²) in [6.07, 6.45) is 0. The molecule has 1 atom stereocenters. The van der Waals surface area contributed by atoms with Gasteiger partial charge in [0.15, 0.2) is 5.76 Å². The van der Waals surface area contributed by atoms with Crippen LogP contribution in [0.4, 0.5) is 0 Å². The monoisotopic (exact) mass is 299 g/mol. The minimum atomic E-state index is -0.237. The van der Waals surface area contributed by atoms with Gasteiger partial charge in [-0.3, -0.25) is 4.79 Å². The molecule has 1 aromatic heterocycles. The number of halogens is 1. The molecule has 0 aliphatic carbocycles. The van der Waals surface area contributed by atoms with Gasteiger partial charge in [0.1, 0.15) is 5.58 Å². The van der Waals surface area contributed by atoms with Crippen LogP contribution in [0.2, 0.25) is 5.02 Å². The van der Waals surface area contributed by atoms with Crippen molar-refractivity contribution in [2.75, 3.05) is 0 Å². The van der Waals surface area contributed by atoms with Crippen molar-refractivity contribution in [3.63, 3.8) is 0 Å². The Labute approximate surface area is 127 Å². The molecule has 2 aromatic carbocycles. The average Bonchev–Trinajstić information content (AvgIpc) is 2.91. The number of benzene rings is 2. The highest BCUT2D eigenvalue weighted by Crippen LogP contribution is 2.23. The van der Waals surface area contributed by atoms with E-state index in [2.05, 4.69) is 5.32 Å². The molecule has 0 radical (unpaired) electrons. The van der Waals surface area contributed by atoms with Gasteiger partial charge < -0.3 is 9.73 Å². The first-order valence-electron chi connectivity index (χ1n) is 6.68. The van der Waals surface area contributed by atoms with Crippen molar-refractivity contribution in [3.05, 3.63) is 70.9 Å². The zero-order valence-corrected chi connectivity index (χ0v) is 12.2. The summed E-state index contributed by atoms with van der Waals surface area (Å²) in [6, 6.07) is 16.7. The zero-order chi connectivity index (χ0) is 14.8. The van der Waals surface area contributed by atoms with E-state index in [1.807, 2.05) is 37.3 Å². The number of hydrogen-bond acceptors (Lipinski definition) is 2. The van der Waals surface area contributed by atoms with Crippen LogP contribution in [-0.2, 0) is 0 Å². The highest BCUT2D eigenvalue weighted by Gasteiger charge is 2.15. The fraction of sp³-hybridized carbons (Fsp3) is 0.118. The molecule has 0 saturated carbocycles. The first-order valence-corrected chi connectivity index (χ1v) is 7.06. The van der Waals surface area contributed by atoms with Gasteiger partial charge in [-0.1, -0.05) is 41.9 Å². The molecular formula is C17H14ClNO2. The van der Waals surface area contributed by atoms with Gasteiger partial charge in [0.05, 0.1) is 6.04 Å². The second-order valence-electron chi connectivity index (χ2n) is 4.90. The van der Waals surface area contributed by atoms with E-state index in [-0.39, 0.29) is 17.7 Å². The topological polar surface area (TPSA) is 42.2 Å². The molecule has 0 fully saturated rings. The summed E-state index contributed by atoms with van der Waals surface area (Å²) in [4.78, 5) is 12.2. The van der Waals surface area contributed by atoms with E-state index in [0.717, 1.165) is 10.9 Å². The molecule has 3 nitrogen and oxygen atoms in total. The highest BCUT2D eigenvalue weighted by molar-refractivity contribution is 6.31. The van der Waals surface area contributed by atoms with Crippen LogP contribution in [0.5, 0.6) is 0 Å². The predicted molar refractivity (Wildman–Crippen MR) is 83.5 cm³/mol. The number of nitrogens with one attached hydrogen (secondary N) is 1. The van der Waals surface area contributed by atoms with Crippen molar-refractivity contribution < 1.29 is 9.21 Å². The summed E-state index contributed by atoms with van der Waals surface area (Å²) >= 11 is 5.93. The molecule has 1 N–H and O–H groups in total. The molecule has 1 unspecified atom stereocenters. The SMILES string of the molecule is CC(NC(=O)c1cc2cc(Cl)ccc2o1)c1ccccc1. The van der Waals surface area contributed by atoms with Crippen LogP contribution in [0.1, 0.15) is 29.1 Å². The summed E-state index contributed by atoms with van der Waals surface area (Å²) in [7, 11) is 0. The molecule has 3 aromatic rings. The Morgan fingerprint density at radius 2 is 1.90 bits per heavy atom. The molecule has 3 rings (SSSR count). The van der Waals surface area contributed by atoms with E-state index in [1.54, 1.807) is 24.3 Å². The van der Waals surface area contributed by atoms with Gasteiger partial charge in [-0.25, -0.2) is 0 Å². The average molecular weight is 300 g/mol. The largest absolute Gasteiger partial charge is 0.451 e. The van der Waals surface area contributed by atoms with Gasteiger partial charge in [-0.2, -0.15) is 0 Å². The molecule has 0 aliphatic heterocycles. The van der Waals surface area contributed by atoms with Gasteiger partial charge in [-0.05, 0) is 36.8 Å². The minimum Gasteiger partial charge on any atom is -0.451 e. The number of furan rings is 1. The zero-order valence-electron chi connectivity index (χ0n) is 11.5. The molecular weight excluding hydrogens is 286 g/mol. The summed E-state index contributed by atoms with van der Waals surface area (Å²) in [5.41, 5.74) is 1.70. The summed E-state index contributed by atoms with van der Waals surface area (Å²) in [5, 5.41) is 4.36. The predicted octanol–water partition coefficient (Wildman–Crippen LogP) is 4.58. The Kier molecular flexibility index (Phi) is 3.67. The van der Waals surface area contributed by atoms with Crippen LogP contribution in [0.25, 0.3) is 11.0 Å². The molecule has 106 valence electrons. The molecule has 0 aliphatic rings. The Bertz CT molecular complexity index is 780. The standard InChI is InChI=1S/C17H14ClNO2/c1-11(12-5-3-2-4-6-12)19-17(20)16-10-13-9-14(18)7-8-15(13)21-16/h2-11H,1H3,(H,19,20). The van der Waals surface area contributed by atoms with E-state index in [9.17, 15) is 4.79 Å². The molecule has 0 saturated heterocycles. The van der Waals surface area contributed by atoms with Gasteiger partial charge in [0, 0.05) is 10.4 Å². The maximum absolute atomic E-state index is 12.2. The normalized spacial score (nSPS) is 12.3. The second kappa shape index (κ2) is 5.62. The van der Waals surface area contributed by atoms with E-state index in [0.29, 0.717) is 10.6 Å². The molecule has 0 bridgehead atoms. The van der Waals surface area contributed by atoms with Crippen LogP contribution in [0, 0.1) is 0 Å². The molecule has 1 heterocycles. The molecule has 4 heteroatoms. The van der Waals surface area contributed by atoms with E-state index >= 15 is 0 Å². The third kappa shape index (κ3) is 2.93. The van der Waals surface area contributed by atoms with Crippen molar-refractivity contribution in [1.29, 1.82) is 0 Å². The van der Waals surface area contributed by atoms with Gasteiger partial charge in [0.2, 0.25) is 0 Å². The third-order valence-corrected chi connectivity index (χ3v) is 3.58. The first-order chi connectivity index (χ1) is 10.1. The number of fused-ring (bicyclic) bond motifs is 1. The van der Waals surface area contributed by atoms with E-state index in [1.165, 1.54) is 0 Å². The van der Waals surface area contributed by atoms with Gasteiger partial charge >= 0.3 is 0 Å². The fourth-order valence-electron chi connectivity index (χ4n) is 2.22. The number of carbonyl (C=O) groups excluding carboxylic acids is 1. The number of hydrogen-bond donors (Lipinski definition) is 1. The fourth-order valence-corrected chi connectivity index (χ4v) is 2.40. The summed E-state index contributed by atoms with van der Waals surface area (Å²) in [6.45, 7) is 1.94. The van der Waals surface area contributed by atoms with Crippen molar-refractivity contribution in [1.82, 2.24) is 5.32 Å². The van der Waals surface area contributed by atoms with Crippen molar-refractivity contribution >= 4 is 28.5 Å². The van der Waals surface area contributed by atoms with Gasteiger partial charge in [0.25, 0.3) is 5.91 Å². The lowest BCUT2D eigenvalue weighted by Gasteiger charge is -2.12. The maximum atomic E-state index is 12.2. The van der Waals surface area contributed by atoms with Crippen LogP contribution in [0.15, 0.2) is 59.0 Å². The van der Waals surface area contributed by atoms with E-state index in [4.69, 9.17) is 16.0 Å². The smallest absolute Gasteiger partial charge is 0.287 e. The first kappa shape index (κ1) is 13.7. The number of carbonyl (C=O) groups is 1. The lowest BCUT2D eigenvalue weighted by molar-refractivity contribution is 0.0914. The van der Waals surface area contributed by atoms with Crippen molar-refractivity contribution in [3.8, 4) is 0 Å². The summed E-state index contributed by atoms with van der Waals surface area (Å²) < 4.78 is 5.55. The van der Waals surface area contributed by atoms with Gasteiger partial charge in [-0.15, -0.1) is 0 Å². The quantitative estimate of drug-likeness (QED) is 0.769. The second-order valence-corrected chi connectivity index (χ2v) is 5.34. The molecule has 1 amide bonds. The number of amides is 1. The molecule has 0 spiro atoms. The lowest BCUT2D eigenvalue weighted by atomic mass is 10.1. The van der Waals surface area contributed by atoms with Crippen LogP contribution in [0.3, 0.4) is 0 Å². The maximum Gasteiger partial charge on any atom is 0.287 e. The van der Waals surface area contributed by atoms with Crippen LogP contribution >= 0.6 is 11.6 Å². The lowest BCUT2D eigenvalue weighted by Crippen LogP contribution is -2.26. The van der Waals surface area contributed by atoms with E-state index < -0.39 is 0 Å². The Morgan fingerprint density at radius 1 is 1.14 bits per heavy atom. The Balaban J connectivity index is 1.80. The van der Waals surface area contributed by atoms with Crippen LogP contribution in [-0.4, -0.2) is 5.91 Å². The Hall–Kier alpha value is -2.26. The van der Waals surface area contributed by atoms with Crippen molar-refractivity contribution in [2.24, 2.45) is 0 Å². The third-order valence-electron chi connectivity index (χ3n) is 3.35. The minimum absolute atomic E-state index is 0.0875. The molecule has 21 heavy (non-hydrogen) atoms. The summed E-state index contributed by atoms with van der Waals surface area (Å²) in [5.74, 6) is 0.0497. The van der Waals surface area contributed by atoms with Crippen LogP contribution < -0.4 is 5.32 Å². The van der Waals surface area contributed by atoms with Crippen molar-refractivity contribution in [2.45, 2.75) is 13.0 Å². The highest BCUT2D eigenvalue weighted by atomic mass is 35.5. The number of rotatable bonds is 3. The Morgan fingerprint density at radius 3 is 2.67 bits per heavy atom.